The number of nitrogens with zero attached hydrogens (tertiary/aromatic N) is 1. The molecule has 0 fully saturated rings. The van der Waals surface area contributed by atoms with Crippen molar-refractivity contribution in [2.24, 2.45) is 0 Å². The number of carbonyl (C=O) groups excluding carboxylic acids is 1. The Labute approximate surface area is 130 Å². The summed E-state index contributed by atoms with van der Waals surface area (Å²) in [5.41, 5.74) is -0.617. The van der Waals surface area contributed by atoms with Gasteiger partial charge in [-0.25, -0.2) is 4.98 Å². The topological polar surface area (TPSA) is 88.5 Å². The molecule has 0 aromatic carbocycles. The van der Waals surface area contributed by atoms with Crippen molar-refractivity contribution in [1.82, 2.24) is 10.3 Å². The average Bonchev–Trinajstić information content (AvgIpc) is 2.42. The van der Waals surface area contributed by atoms with Crippen LogP contribution in [0.4, 0.5) is 13.2 Å². The van der Waals surface area contributed by atoms with Crippen molar-refractivity contribution in [3.63, 3.8) is 0 Å². The van der Waals surface area contributed by atoms with Crippen LogP contribution >= 0.6 is 0 Å². The highest BCUT2D eigenvalue weighted by molar-refractivity contribution is 5.94. The lowest BCUT2D eigenvalue weighted by atomic mass is 9.98. The number of carboxylic acids is 1. The first-order chi connectivity index (χ1) is 10.5. The lowest BCUT2D eigenvalue weighted by Gasteiger charge is -2.25. The highest BCUT2D eigenvalue weighted by Crippen LogP contribution is 2.17. The number of amides is 1. The number of pyridine rings is 1. The number of ether oxygens (including phenoxy) is 1. The minimum Gasteiger partial charge on any atom is -0.481 e. The molecule has 0 atom stereocenters. The summed E-state index contributed by atoms with van der Waals surface area (Å²) in [6.45, 7) is 1.87. The van der Waals surface area contributed by atoms with Crippen LogP contribution in [0.2, 0.25) is 0 Å². The van der Waals surface area contributed by atoms with Gasteiger partial charge in [0.1, 0.15) is 0 Å². The van der Waals surface area contributed by atoms with E-state index in [1.165, 1.54) is 6.07 Å². The van der Waals surface area contributed by atoms with E-state index in [1.54, 1.807) is 13.8 Å². The Morgan fingerprint density at radius 2 is 1.96 bits per heavy atom. The number of carboxylic acid groups (broad SMARTS) is 1. The van der Waals surface area contributed by atoms with Gasteiger partial charge in [-0.05, 0) is 26.3 Å². The molecule has 2 N–H and O–H groups in total. The summed E-state index contributed by atoms with van der Waals surface area (Å²) in [6, 6.07) is 2.44. The fourth-order valence-corrected chi connectivity index (χ4v) is 1.62. The number of hydrogen-bond acceptors (Lipinski definition) is 4. The van der Waals surface area contributed by atoms with E-state index >= 15 is 0 Å². The first kappa shape index (κ1) is 18.7. The molecule has 6 nitrogen and oxygen atoms in total. The third-order valence-corrected chi connectivity index (χ3v) is 2.80. The van der Waals surface area contributed by atoms with Gasteiger partial charge in [-0.3, -0.25) is 9.59 Å². The molecule has 1 heterocycles. The maximum Gasteiger partial charge on any atom is 0.422 e. The van der Waals surface area contributed by atoms with E-state index in [9.17, 15) is 22.8 Å². The Balaban J connectivity index is 2.61. The van der Waals surface area contributed by atoms with Gasteiger partial charge in [0.15, 0.2) is 6.61 Å². The zero-order chi connectivity index (χ0) is 17.7. The van der Waals surface area contributed by atoms with Gasteiger partial charge in [0.25, 0.3) is 5.91 Å². The molecular weight excluding hydrogens is 317 g/mol. The van der Waals surface area contributed by atoms with Gasteiger partial charge in [0.05, 0.1) is 5.56 Å². The van der Waals surface area contributed by atoms with Gasteiger partial charge < -0.3 is 15.2 Å². The van der Waals surface area contributed by atoms with E-state index in [0.29, 0.717) is 0 Å². The molecule has 0 saturated heterocycles. The first-order valence-electron chi connectivity index (χ1n) is 6.68. The van der Waals surface area contributed by atoms with Crippen molar-refractivity contribution < 1.29 is 32.6 Å². The van der Waals surface area contributed by atoms with Crippen LogP contribution in [0.15, 0.2) is 18.3 Å². The molecule has 128 valence electrons. The zero-order valence-electron chi connectivity index (χ0n) is 12.6. The summed E-state index contributed by atoms with van der Waals surface area (Å²) in [6.07, 6.45) is -3.25. The number of hydrogen-bond donors (Lipinski definition) is 2. The van der Waals surface area contributed by atoms with Crippen LogP contribution in [0.5, 0.6) is 5.88 Å². The van der Waals surface area contributed by atoms with Crippen LogP contribution < -0.4 is 10.1 Å². The minimum absolute atomic E-state index is 0.101. The summed E-state index contributed by atoms with van der Waals surface area (Å²) in [7, 11) is 0. The molecule has 0 spiro atoms. The van der Waals surface area contributed by atoms with E-state index in [-0.39, 0.29) is 24.3 Å². The van der Waals surface area contributed by atoms with E-state index in [4.69, 9.17) is 5.11 Å². The first-order valence-corrected chi connectivity index (χ1v) is 6.68. The zero-order valence-corrected chi connectivity index (χ0v) is 12.6. The standard InChI is InChI=1S/C14H17F3N2O4/c1-13(2,6-5-11(20)21)19-12(22)9-3-4-10(18-7-9)23-8-14(15,16)17/h3-4,7H,5-6,8H2,1-2H3,(H,19,22)(H,20,21). The van der Waals surface area contributed by atoms with Crippen molar-refractivity contribution in [1.29, 1.82) is 0 Å². The Bertz CT molecular complexity index is 556. The molecule has 1 rings (SSSR count). The highest BCUT2D eigenvalue weighted by Gasteiger charge is 2.28. The summed E-state index contributed by atoms with van der Waals surface area (Å²) in [5, 5.41) is 11.3. The Morgan fingerprint density at radius 3 is 2.43 bits per heavy atom. The quantitative estimate of drug-likeness (QED) is 0.799. The fourth-order valence-electron chi connectivity index (χ4n) is 1.62. The molecule has 1 amide bonds. The monoisotopic (exact) mass is 334 g/mol. The van der Waals surface area contributed by atoms with Gasteiger partial charge in [-0.1, -0.05) is 0 Å². The van der Waals surface area contributed by atoms with Gasteiger partial charge in [-0.15, -0.1) is 0 Å². The van der Waals surface area contributed by atoms with E-state index < -0.39 is 30.2 Å². The number of aliphatic carboxylic acids is 1. The molecule has 0 bridgehead atoms. The van der Waals surface area contributed by atoms with Crippen LogP contribution in [0.1, 0.15) is 37.0 Å². The van der Waals surface area contributed by atoms with E-state index in [0.717, 1.165) is 12.3 Å². The van der Waals surface area contributed by atoms with E-state index in [2.05, 4.69) is 15.0 Å². The average molecular weight is 334 g/mol. The number of aromatic nitrogens is 1. The fraction of sp³-hybridized carbons (Fsp3) is 0.500. The van der Waals surface area contributed by atoms with Gasteiger partial charge >= 0.3 is 12.1 Å². The molecule has 0 unspecified atom stereocenters. The summed E-state index contributed by atoms with van der Waals surface area (Å²) in [5.74, 6) is -1.72. The maximum absolute atomic E-state index is 12.0. The number of alkyl halides is 3. The van der Waals surface area contributed by atoms with E-state index in [1.807, 2.05) is 0 Å². The predicted octanol–water partition coefficient (Wildman–Crippen LogP) is 2.40. The molecule has 0 radical (unpaired) electrons. The van der Waals surface area contributed by atoms with Crippen molar-refractivity contribution in [2.75, 3.05) is 6.61 Å². The number of nitrogens with one attached hydrogen (secondary N) is 1. The van der Waals surface area contributed by atoms with Crippen LogP contribution in [-0.2, 0) is 4.79 Å². The normalized spacial score (nSPS) is 11.9. The molecule has 0 aliphatic heterocycles. The van der Waals surface area contributed by atoms with Crippen LogP contribution in [-0.4, -0.2) is 40.3 Å². The third-order valence-electron chi connectivity index (χ3n) is 2.80. The van der Waals surface area contributed by atoms with Gasteiger partial charge in [-0.2, -0.15) is 13.2 Å². The van der Waals surface area contributed by atoms with Gasteiger partial charge in [0.2, 0.25) is 5.88 Å². The summed E-state index contributed by atoms with van der Waals surface area (Å²) in [4.78, 5) is 26.2. The molecule has 9 heteroatoms. The van der Waals surface area contributed by atoms with Crippen LogP contribution in [0.25, 0.3) is 0 Å². The lowest BCUT2D eigenvalue weighted by Crippen LogP contribution is -2.43. The lowest BCUT2D eigenvalue weighted by molar-refractivity contribution is -0.154. The number of halogens is 3. The van der Waals surface area contributed by atoms with Crippen molar-refractivity contribution in [2.45, 2.75) is 38.4 Å². The molecule has 0 aliphatic rings. The Hall–Kier alpha value is -2.32. The van der Waals surface area contributed by atoms with Crippen molar-refractivity contribution in [3.8, 4) is 5.88 Å². The molecule has 1 aromatic rings. The van der Waals surface area contributed by atoms with Crippen LogP contribution in [0, 0.1) is 0 Å². The Kier molecular flexibility index (Phi) is 5.94. The summed E-state index contributed by atoms with van der Waals surface area (Å²) < 4.78 is 40.5. The highest BCUT2D eigenvalue weighted by atomic mass is 19.4. The smallest absolute Gasteiger partial charge is 0.422 e. The second kappa shape index (κ2) is 7.30. The summed E-state index contributed by atoms with van der Waals surface area (Å²) >= 11 is 0. The molecule has 23 heavy (non-hydrogen) atoms. The number of rotatable bonds is 7. The number of carbonyl (C=O) groups is 2. The SMILES string of the molecule is CC(C)(CCC(=O)O)NC(=O)c1ccc(OCC(F)(F)F)nc1. The van der Waals surface area contributed by atoms with Gasteiger partial charge in [0, 0.05) is 24.2 Å². The molecule has 0 aliphatic carbocycles. The third kappa shape index (κ3) is 7.48. The largest absolute Gasteiger partial charge is 0.481 e. The second-order valence-corrected chi connectivity index (χ2v) is 5.52. The second-order valence-electron chi connectivity index (χ2n) is 5.52. The maximum atomic E-state index is 12.0. The molecule has 1 aromatic heterocycles. The predicted molar refractivity (Wildman–Crippen MR) is 74.2 cm³/mol. The van der Waals surface area contributed by atoms with Crippen molar-refractivity contribution in [3.05, 3.63) is 23.9 Å². The van der Waals surface area contributed by atoms with Crippen molar-refractivity contribution >= 4 is 11.9 Å². The minimum atomic E-state index is -4.47. The molecular formula is C14H17F3N2O4. The Morgan fingerprint density at radius 1 is 1.30 bits per heavy atom. The van der Waals surface area contributed by atoms with Crippen LogP contribution in [0.3, 0.4) is 0 Å². The molecule has 0 saturated carbocycles.